The van der Waals surface area contributed by atoms with E-state index in [-0.39, 0.29) is 17.5 Å². The zero-order valence-corrected chi connectivity index (χ0v) is 16.5. The number of hydrogen-bond acceptors (Lipinski definition) is 4. The monoisotopic (exact) mass is 381 g/mol. The summed E-state index contributed by atoms with van der Waals surface area (Å²) >= 11 is 1.31. The Morgan fingerprint density at radius 3 is 2.48 bits per heavy atom. The molecule has 3 aromatic rings. The van der Waals surface area contributed by atoms with Crippen molar-refractivity contribution >= 4 is 34.3 Å². The second kappa shape index (κ2) is 8.39. The molecule has 1 aromatic heterocycles. The molecule has 1 amide bonds. The fourth-order valence-electron chi connectivity index (χ4n) is 2.76. The summed E-state index contributed by atoms with van der Waals surface area (Å²) in [4.78, 5) is 30.3. The van der Waals surface area contributed by atoms with E-state index in [0.29, 0.717) is 16.1 Å². The molecule has 1 N–H and O–H groups in total. The van der Waals surface area contributed by atoms with Crippen molar-refractivity contribution in [3.05, 3.63) is 65.0 Å². The smallest absolute Gasteiger partial charge is 0.262 e. The van der Waals surface area contributed by atoms with Gasteiger partial charge in [0.05, 0.1) is 16.2 Å². The van der Waals surface area contributed by atoms with Crippen LogP contribution in [0.2, 0.25) is 0 Å². The minimum atomic E-state index is -0.395. The SMILES string of the molecule is CC[C@@H](C)n1c(S[C@@H](C)C(=O)Nc2ccccc2)nc2ccccc2c1=O. The van der Waals surface area contributed by atoms with Crippen molar-refractivity contribution < 1.29 is 4.79 Å². The third-order valence-electron chi connectivity index (χ3n) is 4.50. The second-order valence-corrected chi connectivity index (χ2v) is 7.77. The molecule has 1 heterocycles. The van der Waals surface area contributed by atoms with Crippen LogP contribution in [0.4, 0.5) is 5.69 Å². The molecule has 0 aliphatic carbocycles. The number of amides is 1. The van der Waals surface area contributed by atoms with Gasteiger partial charge in [-0.2, -0.15) is 0 Å². The molecule has 2 atom stereocenters. The van der Waals surface area contributed by atoms with Gasteiger partial charge in [-0.05, 0) is 44.5 Å². The summed E-state index contributed by atoms with van der Waals surface area (Å²) in [7, 11) is 0. The molecule has 5 nitrogen and oxygen atoms in total. The lowest BCUT2D eigenvalue weighted by atomic mass is 10.2. The summed E-state index contributed by atoms with van der Waals surface area (Å²) in [5, 5.41) is 3.68. The number of nitrogens with one attached hydrogen (secondary N) is 1. The van der Waals surface area contributed by atoms with Gasteiger partial charge in [0, 0.05) is 11.7 Å². The van der Waals surface area contributed by atoms with Gasteiger partial charge in [0.1, 0.15) is 0 Å². The zero-order valence-electron chi connectivity index (χ0n) is 15.7. The molecule has 0 radical (unpaired) electrons. The van der Waals surface area contributed by atoms with Gasteiger partial charge in [-0.1, -0.05) is 49.0 Å². The number of benzene rings is 2. The van der Waals surface area contributed by atoms with Crippen LogP contribution in [0, 0.1) is 0 Å². The first kappa shape index (κ1) is 19.2. The Bertz CT molecular complexity index is 1000. The Hall–Kier alpha value is -2.60. The van der Waals surface area contributed by atoms with Gasteiger partial charge in [-0.15, -0.1) is 0 Å². The van der Waals surface area contributed by atoms with Crippen molar-refractivity contribution in [1.29, 1.82) is 0 Å². The molecule has 0 fully saturated rings. The minimum Gasteiger partial charge on any atom is -0.325 e. The molecule has 0 saturated carbocycles. The quantitative estimate of drug-likeness (QED) is 0.505. The van der Waals surface area contributed by atoms with Crippen LogP contribution in [-0.2, 0) is 4.79 Å². The number of aromatic nitrogens is 2. The highest BCUT2D eigenvalue weighted by molar-refractivity contribution is 8.00. The normalized spacial score (nSPS) is 13.3. The summed E-state index contributed by atoms with van der Waals surface area (Å²) in [6.07, 6.45) is 0.804. The number of hydrogen-bond donors (Lipinski definition) is 1. The van der Waals surface area contributed by atoms with Crippen molar-refractivity contribution in [3.63, 3.8) is 0 Å². The molecule has 0 saturated heterocycles. The van der Waals surface area contributed by atoms with Gasteiger partial charge in [-0.3, -0.25) is 14.2 Å². The molecule has 27 heavy (non-hydrogen) atoms. The molecule has 2 aromatic carbocycles. The Balaban J connectivity index is 1.93. The van der Waals surface area contributed by atoms with Crippen LogP contribution in [0.3, 0.4) is 0 Å². The summed E-state index contributed by atoms with van der Waals surface area (Å²) < 4.78 is 1.71. The van der Waals surface area contributed by atoms with E-state index in [1.165, 1.54) is 11.8 Å². The van der Waals surface area contributed by atoms with Crippen LogP contribution in [0.1, 0.15) is 33.2 Å². The maximum atomic E-state index is 13.0. The molecule has 0 aliphatic heterocycles. The topological polar surface area (TPSA) is 64.0 Å². The van der Waals surface area contributed by atoms with Gasteiger partial charge in [0.25, 0.3) is 5.56 Å². The molecule has 0 bridgehead atoms. The summed E-state index contributed by atoms with van der Waals surface area (Å²) in [5.74, 6) is -0.121. The van der Waals surface area contributed by atoms with Crippen molar-refractivity contribution in [3.8, 4) is 0 Å². The maximum Gasteiger partial charge on any atom is 0.262 e. The molecule has 140 valence electrons. The minimum absolute atomic E-state index is 0.00138. The zero-order chi connectivity index (χ0) is 19.4. The van der Waals surface area contributed by atoms with Crippen molar-refractivity contribution in [2.75, 3.05) is 5.32 Å². The lowest BCUT2D eigenvalue weighted by Gasteiger charge is -2.20. The van der Waals surface area contributed by atoms with E-state index in [2.05, 4.69) is 10.3 Å². The number of thioether (sulfide) groups is 1. The van der Waals surface area contributed by atoms with E-state index in [4.69, 9.17) is 0 Å². The van der Waals surface area contributed by atoms with Crippen LogP contribution in [0.15, 0.2) is 64.5 Å². The second-order valence-electron chi connectivity index (χ2n) is 6.46. The van der Waals surface area contributed by atoms with Crippen LogP contribution < -0.4 is 10.9 Å². The number of rotatable bonds is 6. The maximum absolute atomic E-state index is 13.0. The van der Waals surface area contributed by atoms with E-state index in [1.54, 1.807) is 10.6 Å². The van der Waals surface area contributed by atoms with Crippen molar-refractivity contribution in [1.82, 2.24) is 9.55 Å². The highest BCUT2D eigenvalue weighted by Crippen LogP contribution is 2.26. The largest absolute Gasteiger partial charge is 0.325 e. The number of nitrogens with zero attached hydrogens (tertiary/aromatic N) is 2. The number of anilines is 1. The number of carbonyl (C=O) groups is 1. The van der Waals surface area contributed by atoms with E-state index >= 15 is 0 Å². The van der Waals surface area contributed by atoms with Gasteiger partial charge in [-0.25, -0.2) is 4.98 Å². The van der Waals surface area contributed by atoms with Crippen LogP contribution in [-0.4, -0.2) is 20.7 Å². The fourth-order valence-corrected chi connectivity index (χ4v) is 3.77. The van der Waals surface area contributed by atoms with E-state index in [9.17, 15) is 9.59 Å². The van der Waals surface area contributed by atoms with Gasteiger partial charge in [0.15, 0.2) is 5.16 Å². The lowest BCUT2D eigenvalue weighted by molar-refractivity contribution is -0.115. The van der Waals surface area contributed by atoms with Crippen LogP contribution in [0.25, 0.3) is 10.9 Å². The molecule has 0 aliphatic rings. The Morgan fingerprint density at radius 1 is 1.11 bits per heavy atom. The van der Waals surface area contributed by atoms with Gasteiger partial charge in [0.2, 0.25) is 5.91 Å². The number of carbonyl (C=O) groups excluding carboxylic acids is 1. The third-order valence-corrected chi connectivity index (χ3v) is 5.57. The van der Waals surface area contributed by atoms with Crippen LogP contribution >= 0.6 is 11.8 Å². The number of para-hydroxylation sites is 2. The van der Waals surface area contributed by atoms with Crippen LogP contribution in [0.5, 0.6) is 0 Å². The molecule has 0 spiro atoms. The summed E-state index contributed by atoms with van der Waals surface area (Å²) in [5.41, 5.74) is 1.34. The molecule has 6 heteroatoms. The highest BCUT2D eigenvalue weighted by Gasteiger charge is 2.21. The van der Waals surface area contributed by atoms with Crippen molar-refractivity contribution in [2.24, 2.45) is 0 Å². The first-order valence-electron chi connectivity index (χ1n) is 9.05. The van der Waals surface area contributed by atoms with E-state index < -0.39 is 5.25 Å². The first-order valence-corrected chi connectivity index (χ1v) is 9.93. The van der Waals surface area contributed by atoms with E-state index in [1.807, 2.05) is 69.3 Å². The standard InChI is InChI=1S/C21H23N3O2S/c1-4-14(2)24-20(26)17-12-8-9-13-18(17)23-21(24)27-15(3)19(25)22-16-10-6-5-7-11-16/h5-15H,4H2,1-3H3,(H,22,25)/t14-,15+/m1/s1. The Morgan fingerprint density at radius 2 is 1.78 bits per heavy atom. The van der Waals surface area contributed by atoms with Gasteiger partial charge < -0.3 is 5.32 Å². The average molecular weight is 382 g/mol. The van der Waals surface area contributed by atoms with E-state index in [0.717, 1.165) is 12.1 Å². The Labute approximate surface area is 162 Å². The molecular weight excluding hydrogens is 358 g/mol. The first-order chi connectivity index (χ1) is 13.0. The average Bonchev–Trinajstić information content (AvgIpc) is 2.68. The fraction of sp³-hybridized carbons (Fsp3) is 0.286. The summed E-state index contributed by atoms with van der Waals surface area (Å²) in [6.45, 7) is 5.86. The van der Waals surface area contributed by atoms with Crippen molar-refractivity contribution in [2.45, 2.75) is 43.6 Å². The molecule has 3 rings (SSSR count). The predicted octanol–water partition coefficient (Wildman–Crippen LogP) is 4.49. The van der Waals surface area contributed by atoms with Gasteiger partial charge >= 0.3 is 0 Å². The third kappa shape index (κ3) is 4.22. The Kier molecular flexibility index (Phi) is 5.96. The molecular formula is C21H23N3O2S. The summed E-state index contributed by atoms with van der Waals surface area (Å²) in [6, 6.07) is 16.7. The molecule has 0 unspecified atom stereocenters. The number of fused-ring (bicyclic) bond motifs is 1. The lowest BCUT2D eigenvalue weighted by Crippen LogP contribution is -2.28. The highest BCUT2D eigenvalue weighted by atomic mass is 32.2. The predicted molar refractivity (Wildman–Crippen MR) is 111 cm³/mol.